The van der Waals surface area contributed by atoms with E-state index in [2.05, 4.69) is 31.1 Å². The van der Waals surface area contributed by atoms with Gasteiger partial charge in [0.25, 0.3) is 5.91 Å². The molecule has 2 heterocycles. The van der Waals surface area contributed by atoms with Crippen molar-refractivity contribution in [2.24, 2.45) is 5.73 Å². The van der Waals surface area contributed by atoms with Crippen molar-refractivity contribution >= 4 is 29.3 Å². The minimum Gasteiger partial charge on any atom is -0.444 e. The Labute approximate surface area is 187 Å². The largest absolute Gasteiger partial charge is 0.444 e. The SMILES string of the molecule is Cc1cccc(Nc2cc(N[C@@H]3CCCC[C@@H]3NC(=O)OC(C)(C)C)nnc2C(N)=O)n1. The summed E-state index contributed by atoms with van der Waals surface area (Å²) in [5.41, 5.74) is 6.16. The van der Waals surface area contributed by atoms with Gasteiger partial charge in [-0.1, -0.05) is 18.9 Å². The van der Waals surface area contributed by atoms with Crippen molar-refractivity contribution in [1.82, 2.24) is 20.5 Å². The lowest BCUT2D eigenvalue weighted by atomic mass is 9.90. The summed E-state index contributed by atoms with van der Waals surface area (Å²) in [7, 11) is 0. The van der Waals surface area contributed by atoms with Gasteiger partial charge in [0.05, 0.1) is 11.7 Å². The quantitative estimate of drug-likeness (QED) is 0.534. The number of carbonyl (C=O) groups excluding carboxylic acids is 2. The zero-order chi connectivity index (χ0) is 23.3. The lowest BCUT2D eigenvalue weighted by Crippen LogP contribution is -2.49. The molecule has 5 N–H and O–H groups in total. The normalized spacial score (nSPS) is 18.5. The zero-order valence-corrected chi connectivity index (χ0v) is 18.9. The average Bonchev–Trinajstić information content (AvgIpc) is 2.68. The molecule has 2 aromatic rings. The summed E-state index contributed by atoms with van der Waals surface area (Å²) in [6.45, 7) is 7.36. The molecule has 0 aromatic carbocycles. The topological polar surface area (TPSA) is 144 Å². The van der Waals surface area contributed by atoms with Crippen LogP contribution in [0.25, 0.3) is 0 Å². The summed E-state index contributed by atoms with van der Waals surface area (Å²) >= 11 is 0. The van der Waals surface area contributed by atoms with Crippen molar-refractivity contribution in [1.29, 1.82) is 0 Å². The van der Waals surface area contributed by atoms with Crippen molar-refractivity contribution in [2.45, 2.75) is 71.1 Å². The van der Waals surface area contributed by atoms with Gasteiger partial charge < -0.3 is 26.4 Å². The molecule has 1 fully saturated rings. The van der Waals surface area contributed by atoms with Gasteiger partial charge in [-0.3, -0.25) is 4.79 Å². The van der Waals surface area contributed by atoms with Gasteiger partial charge >= 0.3 is 6.09 Å². The van der Waals surface area contributed by atoms with Gasteiger partial charge in [-0.25, -0.2) is 9.78 Å². The lowest BCUT2D eigenvalue weighted by molar-refractivity contribution is 0.0488. The molecule has 32 heavy (non-hydrogen) atoms. The molecule has 3 rings (SSSR count). The van der Waals surface area contributed by atoms with Gasteiger partial charge in [0.15, 0.2) is 11.5 Å². The van der Waals surface area contributed by atoms with E-state index in [1.807, 2.05) is 39.8 Å². The fourth-order valence-electron chi connectivity index (χ4n) is 3.62. The van der Waals surface area contributed by atoms with Crippen LogP contribution in [0.15, 0.2) is 24.3 Å². The van der Waals surface area contributed by atoms with E-state index >= 15 is 0 Å². The number of ether oxygens (including phenoxy) is 1. The molecule has 10 nitrogen and oxygen atoms in total. The van der Waals surface area contributed by atoms with Crippen molar-refractivity contribution in [3.05, 3.63) is 35.7 Å². The maximum atomic E-state index is 12.3. The van der Waals surface area contributed by atoms with Crippen LogP contribution in [-0.2, 0) is 4.74 Å². The van der Waals surface area contributed by atoms with Gasteiger partial charge in [0, 0.05) is 17.8 Å². The second kappa shape index (κ2) is 9.80. The number of hydrogen-bond donors (Lipinski definition) is 4. The highest BCUT2D eigenvalue weighted by Crippen LogP contribution is 2.25. The molecular formula is C22H31N7O3. The first kappa shape index (κ1) is 23.2. The van der Waals surface area contributed by atoms with Gasteiger partial charge in [0.1, 0.15) is 11.4 Å². The zero-order valence-electron chi connectivity index (χ0n) is 18.9. The lowest BCUT2D eigenvalue weighted by Gasteiger charge is -2.33. The van der Waals surface area contributed by atoms with Crippen LogP contribution < -0.4 is 21.7 Å². The number of aryl methyl sites for hydroxylation is 1. The first-order valence-corrected chi connectivity index (χ1v) is 10.7. The highest BCUT2D eigenvalue weighted by atomic mass is 16.6. The molecule has 0 spiro atoms. The van der Waals surface area contributed by atoms with Crippen LogP contribution in [0.4, 0.5) is 22.1 Å². The third-order valence-electron chi connectivity index (χ3n) is 4.98. The molecule has 0 radical (unpaired) electrons. The monoisotopic (exact) mass is 441 g/mol. The molecule has 1 aliphatic carbocycles. The second-order valence-corrected chi connectivity index (χ2v) is 8.93. The number of alkyl carbamates (subject to hydrolysis) is 1. The van der Waals surface area contributed by atoms with E-state index in [0.29, 0.717) is 17.3 Å². The predicted molar refractivity (Wildman–Crippen MR) is 122 cm³/mol. The van der Waals surface area contributed by atoms with E-state index in [1.54, 1.807) is 12.1 Å². The molecule has 1 aliphatic rings. The van der Waals surface area contributed by atoms with Gasteiger partial charge in [-0.05, 0) is 52.7 Å². The summed E-state index contributed by atoms with van der Waals surface area (Å²) < 4.78 is 5.40. The number of hydrogen-bond acceptors (Lipinski definition) is 8. The Hall–Kier alpha value is -3.43. The second-order valence-electron chi connectivity index (χ2n) is 8.93. The first-order chi connectivity index (χ1) is 15.1. The third-order valence-corrected chi connectivity index (χ3v) is 4.98. The highest BCUT2D eigenvalue weighted by molar-refractivity contribution is 5.97. The Bertz CT molecular complexity index is 974. The Morgan fingerprint density at radius 3 is 2.47 bits per heavy atom. The Balaban J connectivity index is 1.77. The minimum atomic E-state index is -0.693. The fourth-order valence-corrected chi connectivity index (χ4v) is 3.62. The van der Waals surface area contributed by atoms with Crippen molar-refractivity contribution < 1.29 is 14.3 Å². The first-order valence-electron chi connectivity index (χ1n) is 10.7. The molecule has 0 saturated heterocycles. The number of nitrogens with two attached hydrogens (primary N) is 1. The molecule has 2 atom stereocenters. The average molecular weight is 442 g/mol. The third kappa shape index (κ3) is 6.53. The number of pyridine rings is 1. The summed E-state index contributed by atoms with van der Waals surface area (Å²) in [6, 6.07) is 7.01. The van der Waals surface area contributed by atoms with Gasteiger partial charge in [-0.15, -0.1) is 10.2 Å². The molecule has 10 heteroatoms. The molecule has 2 aromatic heterocycles. The van der Waals surface area contributed by atoms with Gasteiger partial charge in [0.2, 0.25) is 0 Å². The molecule has 0 aliphatic heterocycles. The Morgan fingerprint density at radius 1 is 1.09 bits per heavy atom. The molecule has 2 amide bonds. The van der Waals surface area contributed by atoms with E-state index in [1.165, 1.54) is 0 Å². The van der Waals surface area contributed by atoms with E-state index in [0.717, 1.165) is 31.4 Å². The smallest absolute Gasteiger partial charge is 0.407 e. The summed E-state index contributed by atoms with van der Waals surface area (Å²) in [5.74, 6) is 0.336. The van der Waals surface area contributed by atoms with E-state index < -0.39 is 17.6 Å². The van der Waals surface area contributed by atoms with E-state index in [9.17, 15) is 9.59 Å². The molecule has 172 valence electrons. The number of nitrogens with zero attached hydrogens (tertiary/aromatic N) is 3. The predicted octanol–water partition coefficient (Wildman–Crippen LogP) is 3.27. The van der Waals surface area contributed by atoms with Crippen LogP contribution in [0.1, 0.15) is 62.6 Å². The van der Waals surface area contributed by atoms with Crippen LogP contribution in [-0.4, -0.2) is 44.9 Å². The van der Waals surface area contributed by atoms with Crippen LogP contribution in [0, 0.1) is 6.92 Å². The number of primary amides is 1. The molecule has 1 saturated carbocycles. The Morgan fingerprint density at radius 2 is 1.81 bits per heavy atom. The number of carbonyl (C=O) groups is 2. The summed E-state index contributed by atoms with van der Waals surface area (Å²) in [4.78, 5) is 28.5. The van der Waals surface area contributed by atoms with Crippen molar-refractivity contribution in [3.8, 4) is 0 Å². The number of amides is 2. The number of anilines is 3. The standard InChI is InChI=1S/C22H31N7O3/c1-13-8-7-11-17(24-13)26-16-12-18(28-29-19(16)20(23)30)25-14-9-5-6-10-15(14)27-21(31)32-22(2,3)4/h7-8,11-12,14-15H,5-6,9-10H2,1-4H3,(H2,23,30)(H,27,31)(H2,24,25,26,28)/t14-,15+/m1/s1. The van der Waals surface area contributed by atoms with E-state index in [4.69, 9.17) is 10.5 Å². The van der Waals surface area contributed by atoms with Crippen LogP contribution in [0.5, 0.6) is 0 Å². The van der Waals surface area contributed by atoms with Crippen molar-refractivity contribution in [3.63, 3.8) is 0 Å². The van der Waals surface area contributed by atoms with Crippen molar-refractivity contribution in [2.75, 3.05) is 10.6 Å². The summed E-state index contributed by atoms with van der Waals surface area (Å²) in [6.07, 6.45) is 3.26. The highest BCUT2D eigenvalue weighted by Gasteiger charge is 2.29. The fraction of sp³-hybridized carbons (Fsp3) is 0.500. The molecule has 0 bridgehead atoms. The van der Waals surface area contributed by atoms with Crippen LogP contribution in [0.3, 0.4) is 0 Å². The number of aromatic nitrogens is 3. The molecular weight excluding hydrogens is 410 g/mol. The maximum absolute atomic E-state index is 12.3. The van der Waals surface area contributed by atoms with Crippen LogP contribution >= 0.6 is 0 Å². The maximum Gasteiger partial charge on any atom is 0.407 e. The van der Waals surface area contributed by atoms with E-state index in [-0.39, 0.29) is 17.8 Å². The number of nitrogens with one attached hydrogen (secondary N) is 3. The van der Waals surface area contributed by atoms with Gasteiger partial charge in [-0.2, -0.15) is 0 Å². The van der Waals surface area contributed by atoms with Crippen LogP contribution in [0.2, 0.25) is 0 Å². The Kier molecular flexibility index (Phi) is 7.12. The minimum absolute atomic E-state index is 0.0194. The number of rotatable bonds is 6. The summed E-state index contributed by atoms with van der Waals surface area (Å²) in [5, 5.41) is 17.5. The molecule has 0 unspecified atom stereocenters.